The van der Waals surface area contributed by atoms with Crippen molar-refractivity contribution < 1.29 is 17.6 Å². The van der Waals surface area contributed by atoms with Gasteiger partial charge in [-0.2, -0.15) is 4.31 Å². The monoisotopic (exact) mass is 402 g/mol. The second kappa shape index (κ2) is 8.05. The molecule has 25 heavy (non-hydrogen) atoms. The number of carbonyl (C=O) groups is 1. The molecule has 1 heterocycles. The van der Waals surface area contributed by atoms with Gasteiger partial charge in [0.1, 0.15) is 11.5 Å². The fourth-order valence-corrected chi connectivity index (χ4v) is 2.70. The second-order valence-electron chi connectivity index (χ2n) is 5.24. The number of furan rings is 1. The number of nitrogens with zero attached hydrogens (tertiary/aromatic N) is 1. The van der Waals surface area contributed by atoms with Crippen LogP contribution in [0.3, 0.4) is 0 Å². The van der Waals surface area contributed by atoms with Crippen molar-refractivity contribution in [2.45, 2.75) is 6.54 Å². The van der Waals surface area contributed by atoms with Gasteiger partial charge in [-0.25, -0.2) is 8.42 Å². The van der Waals surface area contributed by atoms with Crippen LogP contribution in [0.4, 0.5) is 5.69 Å². The predicted octanol–water partition coefficient (Wildman–Crippen LogP) is 3.63. The zero-order valence-electron chi connectivity index (χ0n) is 13.5. The molecule has 0 aliphatic rings. The van der Waals surface area contributed by atoms with Crippen molar-refractivity contribution in [2.24, 2.45) is 0 Å². The van der Waals surface area contributed by atoms with Gasteiger partial charge < -0.3 is 9.73 Å². The lowest BCUT2D eigenvalue weighted by Gasteiger charge is -2.11. The third-order valence-corrected chi connectivity index (χ3v) is 5.13. The Kier molecular flexibility index (Phi) is 6.29. The normalized spacial score (nSPS) is 12.0. The first kappa shape index (κ1) is 19.5. The molecule has 2 rings (SSSR count). The molecule has 134 valence electrons. The predicted molar refractivity (Wildman–Crippen MR) is 99.1 cm³/mol. The Bertz CT molecular complexity index is 886. The summed E-state index contributed by atoms with van der Waals surface area (Å²) in [6.45, 7) is 0.105. The number of hydrogen-bond acceptors (Lipinski definition) is 4. The topological polar surface area (TPSA) is 79.6 Å². The highest BCUT2D eigenvalue weighted by Gasteiger charge is 2.13. The van der Waals surface area contributed by atoms with E-state index in [0.29, 0.717) is 27.3 Å². The van der Waals surface area contributed by atoms with Crippen LogP contribution in [-0.2, 0) is 21.4 Å². The van der Waals surface area contributed by atoms with Crippen LogP contribution in [0.2, 0.25) is 10.0 Å². The lowest BCUT2D eigenvalue weighted by atomic mass is 10.3. The minimum absolute atomic E-state index is 0.105. The Balaban J connectivity index is 2.01. The summed E-state index contributed by atoms with van der Waals surface area (Å²) in [6, 6.07) is 8.18. The molecule has 2 aromatic rings. The molecule has 1 aromatic carbocycles. The average molecular weight is 403 g/mol. The Hall–Kier alpha value is -1.80. The van der Waals surface area contributed by atoms with Crippen LogP contribution in [0.1, 0.15) is 11.5 Å². The number of rotatable bonds is 6. The van der Waals surface area contributed by atoms with E-state index in [1.807, 2.05) is 0 Å². The fourth-order valence-electron chi connectivity index (χ4n) is 1.85. The maximum Gasteiger partial charge on any atom is 0.248 e. The Morgan fingerprint density at radius 1 is 1.24 bits per heavy atom. The van der Waals surface area contributed by atoms with E-state index in [-0.39, 0.29) is 6.54 Å². The molecule has 0 saturated heterocycles. The third kappa shape index (κ3) is 5.61. The molecular weight excluding hydrogens is 387 g/mol. The number of hydrogen-bond donors (Lipinski definition) is 1. The quantitative estimate of drug-likeness (QED) is 0.747. The average Bonchev–Trinajstić information content (AvgIpc) is 2.96. The van der Waals surface area contributed by atoms with E-state index in [1.165, 1.54) is 19.2 Å². The summed E-state index contributed by atoms with van der Waals surface area (Å²) >= 11 is 12.0. The van der Waals surface area contributed by atoms with E-state index in [4.69, 9.17) is 27.6 Å². The third-order valence-electron chi connectivity index (χ3n) is 3.24. The van der Waals surface area contributed by atoms with Gasteiger partial charge in [-0.15, -0.1) is 0 Å². The second-order valence-corrected chi connectivity index (χ2v) is 8.15. The lowest BCUT2D eigenvalue weighted by molar-refractivity contribution is -0.111. The zero-order chi connectivity index (χ0) is 18.6. The molecule has 0 aliphatic heterocycles. The van der Waals surface area contributed by atoms with Crippen LogP contribution >= 0.6 is 23.2 Å². The fraction of sp³-hybridized carbons (Fsp3) is 0.188. The summed E-state index contributed by atoms with van der Waals surface area (Å²) in [5.41, 5.74) is 0.329. The van der Waals surface area contributed by atoms with Crippen molar-refractivity contribution in [2.75, 3.05) is 18.6 Å². The van der Waals surface area contributed by atoms with Crippen LogP contribution in [0.15, 0.2) is 40.8 Å². The minimum atomic E-state index is -3.29. The van der Waals surface area contributed by atoms with Crippen LogP contribution in [0.25, 0.3) is 6.08 Å². The van der Waals surface area contributed by atoms with Crippen molar-refractivity contribution in [3.05, 3.63) is 58.0 Å². The van der Waals surface area contributed by atoms with E-state index in [9.17, 15) is 13.2 Å². The molecule has 0 saturated carbocycles. The van der Waals surface area contributed by atoms with Crippen LogP contribution < -0.4 is 5.32 Å². The number of para-hydroxylation sites is 1. The lowest BCUT2D eigenvalue weighted by Crippen LogP contribution is -2.24. The van der Waals surface area contributed by atoms with Crippen molar-refractivity contribution in [1.82, 2.24) is 4.31 Å². The largest absolute Gasteiger partial charge is 0.460 e. The summed E-state index contributed by atoms with van der Waals surface area (Å²) in [5.74, 6) is 0.445. The molecule has 0 spiro atoms. The molecule has 1 amide bonds. The number of anilines is 1. The number of nitrogens with one attached hydrogen (secondary N) is 1. The first-order valence-corrected chi connectivity index (χ1v) is 9.70. The summed E-state index contributed by atoms with van der Waals surface area (Å²) in [7, 11) is -1.84. The van der Waals surface area contributed by atoms with Crippen molar-refractivity contribution >= 4 is 50.9 Å². The van der Waals surface area contributed by atoms with Gasteiger partial charge in [0.2, 0.25) is 15.9 Å². The molecule has 6 nitrogen and oxygen atoms in total. The van der Waals surface area contributed by atoms with Crippen LogP contribution in [0, 0.1) is 0 Å². The number of benzene rings is 1. The van der Waals surface area contributed by atoms with Gasteiger partial charge in [0.15, 0.2) is 0 Å². The molecular formula is C16H16Cl2N2O4S. The summed E-state index contributed by atoms with van der Waals surface area (Å²) in [6.07, 6.45) is 3.84. The Morgan fingerprint density at radius 2 is 1.88 bits per heavy atom. The standard InChI is InChI=1S/C16H16Cl2N2O4S/c1-20(25(2,22)23)10-12-7-6-11(24-12)8-9-15(21)19-16-13(17)4-3-5-14(16)18/h3-9H,10H2,1-2H3,(H,19,21)/b9-8+. The smallest absolute Gasteiger partial charge is 0.248 e. The Morgan fingerprint density at radius 3 is 2.48 bits per heavy atom. The molecule has 0 fully saturated rings. The maximum absolute atomic E-state index is 12.0. The summed E-state index contributed by atoms with van der Waals surface area (Å²) in [5, 5.41) is 3.25. The molecule has 0 unspecified atom stereocenters. The Labute approximate surface area is 156 Å². The van der Waals surface area contributed by atoms with Crippen LogP contribution in [0.5, 0.6) is 0 Å². The molecule has 1 aromatic heterocycles. The number of sulfonamides is 1. The molecule has 0 atom stereocenters. The van der Waals surface area contributed by atoms with Gasteiger partial charge in [0, 0.05) is 13.1 Å². The van der Waals surface area contributed by atoms with Crippen molar-refractivity contribution in [1.29, 1.82) is 0 Å². The summed E-state index contributed by atoms with van der Waals surface area (Å²) in [4.78, 5) is 12.0. The van der Waals surface area contributed by atoms with Gasteiger partial charge >= 0.3 is 0 Å². The zero-order valence-corrected chi connectivity index (χ0v) is 15.8. The van der Waals surface area contributed by atoms with Gasteiger partial charge in [-0.1, -0.05) is 29.3 Å². The number of carbonyl (C=O) groups excluding carboxylic acids is 1. The molecule has 1 N–H and O–H groups in total. The summed E-state index contributed by atoms with van der Waals surface area (Å²) < 4.78 is 29.4. The molecule has 0 bridgehead atoms. The van der Waals surface area contributed by atoms with Crippen LogP contribution in [-0.4, -0.2) is 31.9 Å². The maximum atomic E-state index is 12.0. The van der Waals surface area contributed by atoms with Gasteiger partial charge in [-0.3, -0.25) is 4.79 Å². The van der Waals surface area contributed by atoms with E-state index < -0.39 is 15.9 Å². The van der Waals surface area contributed by atoms with Crippen molar-refractivity contribution in [3.8, 4) is 0 Å². The molecule has 0 aliphatic carbocycles. The van der Waals surface area contributed by atoms with Gasteiger partial charge in [0.05, 0.1) is 28.5 Å². The van der Waals surface area contributed by atoms with Gasteiger partial charge in [-0.05, 0) is 30.3 Å². The van der Waals surface area contributed by atoms with E-state index in [2.05, 4.69) is 5.32 Å². The minimum Gasteiger partial charge on any atom is -0.460 e. The first-order chi connectivity index (χ1) is 11.7. The molecule has 9 heteroatoms. The molecule has 0 radical (unpaired) electrons. The highest BCUT2D eigenvalue weighted by atomic mass is 35.5. The van der Waals surface area contributed by atoms with E-state index in [0.717, 1.165) is 10.6 Å². The number of amides is 1. The SMILES string of the molecule is CN(Cc1ccc(/C=C/C(=O)Nc2c(Cl)cccc2Cl)o1)S(C)(=O)=O. The van der Waals surface area contributed by atoms with E-state index in [1.54, 1.807) is 30.3 Å². The van der Waals surface area contributed by atoms with Gasteiger partial charge in [0.25, 0.3) is 0 Å². The number of halogens is 2. The van der Waals surface area contributed by atoms with E-state index >= 15 is 0 Å². The van der Waals surface area contributed by atoms with Crippen molar-refractivity contribution in [3.63, 3.8) is 0 Å². The highest BCUT2D eigenvalue weighted by molar-refractivity contribution is 7.88. The first-order valence-electron chi connectivity index (χ1n) is 7.10. The highest BCUT2D eigenvalue weighted by Crippen LogP contribution is 2.29.